The van der Waals surface area contributed by atoms with Gasteiger partial charge in [-0.25, -0.2) is 13.1 Å². The third-order valence-corrected chi connectivity index (χ3v) is 8.44. The second-order valence-corrected chi connectivity index (χ2v) is 11.7. The standard InChI is InChI=1S/C29H34N2O7S2.Li/c1-19-7-5-6-8-22(19)24-18-21(10-11-23(24)28(32)31-25(29(33)34)14-16-39-4)40(35,36)30-15-13-20-9-12-26(37-2)27(17-20)38-3;/h5-12,17-18,25,30H,13-16H2,1-4H3,(H,31,32)(H,33,34);/q;+1/p-1/t25-;/m0./s1. The van der Waals surface area contributed by atoms with Crippen LogP contribution in [-0.2, 0) is 21.2 Å². The van der Waals surface area contributed by atoms with Crippen LogP contribution in [-0.4, -0.2) is 59.1 Å². The zero-order chi connectivity index (χ0) is 29.3. The number of carbonyl (C=O) groups is 2. The Morgan fingerprint density at radius 3 is 2.32 bits per heavy atom. The number of hydrogen-bond donors (Lipinski definition) is 2. The van der Waals surface area contributed by atoms with Crippen LogP contribution in [0.4, 0.5) is 0 Å². The number of hydrogen-bond acceptors (Lipinski definition) is 8. The summed E-state index contributed by atoms with van der Waals surface area (Å²) in [7, 11) is -0.866. The molecule has 0 fully saturated rings. The molecule has 0 unspecified atom stereocenters. The van der Waals surface area contributed by atoms with Crippen molar-refractivity contribution in [3.63, 3.8) is 0 Å². The molecular formula is C29H33LiN2O7S2. The van der Waals surface area contributed by atoms with E-state index in [0.29, 0.717) is 34.8 Å². The molecule has 0 saturated carbocycles. The number of sulfonamides is 1. The van der Waals surface area contributed by atoms with Crippen molar-refractivity contribution in [1.29, 1.82) is 0 Å². The normalized spacial score (nSPS) is 11.7. The monoisotopic (exact) mass is 592 g/mol. The minimum absolute atomic E-state index is 0. The number of carbonyl (C=O) groups excluding carboxylic acids is 2. The molecular weight excluding hydrogens is 559 g/mol. The molecule has 3 rings (SSSR count). The SMILES string of the molecule is COc1ccc(CCNS(=O)(=O)c2ccc(C(=O)N[C@@H](CCSC)C(=O)[O-])c(-c3ccccc3C)c2)cc1OC.[Li+]. The van der Waals surface area contributed by atoms with Crippen molar-refractivity contribution in [1.82, 2.24) is 10.0 Å². The molecule has 0 spiro atoms. The van der Waals surface area contributed by atoms with Gasteiger partial charge in [-0.1, -0.05) is 30.3 Å². The Bertz CT molecular complexity index is 1470. The minimum Gasteiger partial charge on any atom is -0.548 e. The van der Waals surface area contributed by atoms with Gasteiger partial charge >= 0.3 is 18.9 Å². The second-order valence-electron chi connectivity index (χ2n) is 8.99. The fourth-order valence-electron chi connectivity index (χ4n) is 4.16. The summed E-state index contributed by atoms with van der Waals surface area (Å²) in [6.07, 6.45) is 2.45. The van der Waals surface area contributed by atoms with E-state index in [9.17, 15) is 23.1 Å². The molecule has 2 N–H and O–H groups in total. The number of nitrogens with one attached hydrogen (secondary N) is 2. The molecule has 0 aliphatic heterocycles. The van der Waals surface area contributed by atoms with Gasteiger partial charge in [-0.15, -0.1) is 0 Å². The molecule has 0 saturated heterocycles. The molecule has 41 heavy (non-hydrogen) atoms. The van der Waals surface area contributed by atoms with Crippen molar-refractivity contribution in [2.45, 2.75) is 30.7 Å². The quantitative estimate of drug-likeness (QED) is 0.246. The molecule has 0 aliphatic rings. The zero-order valence-electron chi connectivity index (χ0n) is 23.9. The number of aryl methyl sites for hydroxylation is 1. The van der Waals surface area contributed by atoms with Crippen LogP contribution >= 0.6 is 11.8 Å². The van der Waals surface area contributed by atoms with Crippen molar-refractivity contribution >= 4 is 33.7 Å². The van der Waals surface area contributed by atoms with Gasteiger partial charge in [0.15, 0.2) is 11.5 Å². The van der Waals surface area contributed by atoms with Crippen molar-refractivity contribution in [2.75, 3.05) is 32.8 Å². The molecule has 0 aromatic heterocycles. The van der Waals surface area contributed by atoms with Gasteiger partial charge in [0, 0.05) is 12.1 Å². The maximum Gasteiger partial charge on any atom is 1.00 e. The van der Waals surface area contributed by atoms with E-state index in [1.54, 1.807) is 31.4 Å². The van der Waals surface area contributed by atoms with Crippen LogP contribution in [0.5, 0.6) is 11.5 Å². The number of thioether (sulfide) groups is 1. The Kier molecular flexibility index (Phi) is 13.3. The van der Waals surface area contributed by atoms with Crippen molar-refractivity contribution in [3.8, 4) is 22.6 Å². The van der Waals surface area contributed by atoms with Crippen LogP contribution < -0.4 is 43.5 Å². The summed E-state index contributed by atoms with van der Waals surface area (Å²) < 4.78 is 39.6. The van der Waals surface area contributed by atoms with Crippen LogP contribution in [0, 0.1) is 6.92 Å². The number of carboxylic acid groups (broad SMARTS) is 1. The molecule has 1 amide bonds. The summed E-state index contributed by atoms with van der Waals surface area (Å²) >= 11 is 1.46. The number of carboxylic acids is 1. The van der Waals surface area contributed by atoms with E-state index in [1.165, 1.54) is 37.1 Å². The van der Waals surface area contributed by atoms with Gasteiger partial charge in [0.25, 0.3) is 5.91 Å². The summed E-state index contributed by atoms with van der Waals surface area (Å²) in [5.41, 5.74) is 2.88. The first kappa shape index (κ1) is 34.3. The van der Waals surface area contributed by atoms with Crippen molar-refractivity contribution in [3.05, 3.63) is 77.4 Å². The molecule has 0 bridgehead atoms. The van der Waals surface area contributed by atoms with E-state index in [-0.39, 0.29) is 42.3 Å². The van der Waals surface area contributed by atoms with Crippen LogP contribution in [0.2, 0.25) is 0 Å². The van der Waals surface area contributed by atoms with E-state index in [0.717, 1.165) is 11.1 Å². The number of benzene rings is 3. The van der Waals surface area contributed by atoms with E-state index in [2.05, 4.69) is 10.0 Å². The van der Waals surface area contributed by atoms with Crippen LogP contribution in [0.1, 0.15) is 27.9 Å². The first-order chi connectivity index (χ1) is 19.1. The van der Waals surface area contributed by atoms with Crippen LogP contribution in [0.3, 0.4) is 0 Å². The van der Waals surface area contributed by atoms with Gasteiger partial charge < -0.3 is 24.7 Å². The van der Waals surface area contributed by atoms with Crippen LogP contribution in [0.15, 0.2) is 65.6 Å². The maximum absolute atomic E-state index is 13.2. The minimum atomic E-state index is -3.94. The third kappa shape index (κ3) is 9.02. The molecule has 3 aromatic carbocycles. The summed E-state index contributed by atoms with van der Waals surface area (Å²) in [5, 5.41) is 14.1. The average molecular weight is 593 g/mol. The number of methoxy groups -OCH3 is 2. The molecule has 0 aliphatic carbocycles. The van der Waals surface area contributed by atoms with Gasteiger partial charge in [-0.05, 0) is 84.4 Å². The van der Waals surface area contributed by atoms with Gasteiger partial charge in [-0.3, -0.25) is 4.79 Å². The third-order valence-electron chi connectivity index (χ3n) is 6.34. The van der Waals surface area contributed by atoms with Gasteiger partial charge in [0.2, 0.25) is 10.0 Å². The van der Waals surface area contributed by atoms with Gasteiger partial charge in [0.05, 0.1) is 31.1 Å². The van der Waals surface area contributed by atoms with E-state index in [1.807, 2.05) is 31.4 Å². The van der Waals surface area contributed by atoms with Gasteiger partial charge in [-0.2, -0.15) is 11.8 Å². The Morgan fingerprint density at radius 2 is 1.68 bits per heavy atom. The Morgan fingerprint density at radius 1 is 0.976 bits per heavy atom. The van der Waals surface area contributed by atoms with E-state index in [4.69, 9.17) is 9.47 Å². The fraction of sp³-hybridized carbons (Fsp3) is 0.310. The average Bonchev–Trinajstić information content (AvgIpc) is 2.94. The first-order valence-electron chi connectivity index (χ1n) is 12.5. The fourth-order valence-corrected chi connectivity index (χ4v) is 5.69. The topological polar surface area (TPSA) is 134 Å². The smallest absolute Gasteiger partial charge is 0.548 e. The van der Waals surface area contributed by atoms with Crippen LogP contribution in [0.25, 0.3) is 11.1 Å². The molecule has 3 aromatic rings. The molecule has 9 nitrogen and oxygen atoms in total. The predicted molar refractivity (Wildman–Crippen MR) is 154 cm³/mol. The number of ether oxygens (including phenoxy) is 2. The largest absolute Gasteiger partial charge is 1.00 e. The van der Waals surface area contributed by atoms with E-state index < -0.39 is 27.9 Å². The first-order valence-corrected chi connectivity index (χ1v) is 15.4. The second kappa shape index (κ2) is 15.9. The molecule has 12 heteroatoms. The van der Waals surface area contributed by atoms with Crippen molar-refractivity contribution in [2.24, 2.45) is 0 Å². The zero-order valence-corrected chi connectivity index (χ0v) is 25.5. The van der Waals surface area contributed by atoms with Gasteiger partial charge in [0.1, 0.15) is 0 Å². The Hall–Kier alpha value is -2.94. The Labute approximate surface area is 257 Å². The Balaban J connectivity index is 0.00000588. The molecule has 214 valence electrons. The summed E-state index contributed by atoms with van der Waals surface area (Å²) in [5.74, 6) is -0.351. The van der Waals surface area contributed by atoms with Crippen molar-refractivity contribution < 1.29 is 51.4 Å². The molecule has 0 radical (unpaired) electrons. The number of rotatable bonds is 14. The molecule has 0 heterocycles. The summed E-state index contributed by atoms with van der Waals surface area (Å²) in [6.45, 7) is 1.98. The summed E-state index contributed by atoms with van der Waals surface area (Å²) in [4.78, 5) is 24.8. The maximum atomic E-state index is 13.2. The predicted octanol–water partition coefficient (Wildman–Crippen LogP) is -0.194. The summed E-state index contributed by atoms with van der Waals surface area (Å²) in [6, 6.07) is 15.6. The van der Waals surface area contributed by atoms with E-state index >= 15 is 0 Å². The molecule has 1 atom stereocenters. The number of amides is 1. The number of aliphatic carboxylic acids is 1.